The number of benzene rings is 1. The molecular weight excluding hydrogens is 597 g/mol. The van der Waals surface area contributed by atoms with E-state index in [1.165, 1.54) is 23.1 Å². The Morgan fingerprint density at radius 3 is 2.39 bits per heavy atom. The Morgan fingerprint density at radius 2 is 1.85 bits per heavy atom. The van der Waals surface area contributed by atoms with Gasteiger partial charge in [0.1, 0.15) is 15.6 Å². The van der Waals surface area contributed by atoms with Crippen molar-refractivity contribution >= 4 is 27.3 Å². The molecule has 15 heteroatoms. The normalized spacial score (nSPS) is 19.7. The van der Waals surface area contributed by atoms with Gasteiger partial charge in [0.25, 0.3) is 5.91 Å². The van der Waals surface area contributed by atoms with Crippen molar-refractivity contribution in [2.75, 3.05) is 12.8 Å². The Morgan fingerprint density at radius 1 is 1.22 bits per heavy atom. The molecule has 2 aromatic rings. The van der Waals surface area contributed by atoms with Crippen LogP contribution >= 0.6 is 11.6 Å². The van der Waals surface area contributed by atoms with E-state index < -0.39 is 58.0 Å². The number of rotatable bonds is 11. The number of amides is 1. The van der Waals surface area contributed by atoms with E-state index in [-0.39, 0.29) is 46.5 Å². The van der Waals surface area contributed by atoms with Crippen LogP contribution in [-0.4, -0.2) is 60.1 Å². The minimum Gasteiger partial charge on any atom is -0.434 e. The molecular formula is C26H33ClF5N3O5S. The Hall–Kier alpha value is -2.45. The Bertz CT molecular complexity index is 1340. The molecule has 1 aliphatic rings. The molecule has 230 valence electrons. The maximum atomic E-state index is 13.3. The van der Waals surface area contributed by atoms with Crippen LogP contribution in [0.15, 0.2) is 18.2 Å². The van der Waals surface area contributed by atoms with Gasteiger partial charge in [-0.2, -0.15) is 27.1 Å². The number of hydrogen-bond acceptors (Lipinski definition) is 6. The number of aliphatic hydroxyl groups is 1. The molecule has 0 saturated heterocycles. The van der Waals surface area contributed by atoms with E-state index in [1.54, 1.807) is 6.92 Å². The van der Waals surface area contributed by atoms with Crippen molar-refractivity contribution < 1.29 is 45.0 Å². The van der Waals surface area contributed by atoms with Crippen molar-refractivity contribution in [2.24, 2.45) is 5.92 Å². The minimum atomic E-state index is -4.53. The molecule has 0 aliphatic heterocycles. The average molecular weight is 630 g/mol. The predicted molar refractivity (Wildman–Crippen MR) is 143 cm³/mol. The van der Waals surface area contributed by atoms with Crippen molar-refractivity contribution in [3.8, 4) is 17.0 Å². The summed E-state index contributed by atoms with van der Waals surface area (Å²) in [5.41, 5.74) is -2.18. The van der Waals surface area contributed by atoms with Crippen LogP contribution < -0.4 is 10.1 Å². The van der Waals surface area contributed by atoms with Crippen LogP contribution in [0.2, 0.25) is 5.02 Å². The van der Waals surface area contributed by atoms with Crippen LogP contribution in [0.3, 0.4) is 0 Å². The van der Waals surface area contributed by atoms with Crippen LogP contribution in [0.25, 0.3) is 11.3 Å². The summed E-state index contributed by atoms with van der Waals surface area (Å²) in [4.78, 5) is 13.0. The first kappa shape index (κ1) is 33.1. The van der Waals surface area contributed by atoms with Gasteiger partial charge in [-0.1, -0.05) is 17.7 Å². The zero-order valence-corrected chi connectivity index (χ0v) is 24.3. The molecule has 1 amide bonds. The SMILES string of the molecule is CCn1nc(C(=O)NCC2CCC(S(C)(=O)=O)CC2)c(Cl)c1-c1ccc([C@](C)(O)CCC(F)(F)F)cc1OC(F)F. The molecule has 1 aliphatic carbocycles. The monoisotopic (exact) mass is 629 g/mol. The van der Waals surface area contributed by atoms with Crippen LogP contribution in [-0.2, 0) is 22.0 Å². The number of sulfone groups is 1. The van der Waals surface area contributed by atoms with Gasteiger partial charge in [0.15, 0.2) is 5.69 Å². The maximum Gasteiger partial charge on any atom is 0.389 e. The number of alkyl halides is 5. The number of carbonyl (C=O) groups excluding carboxylic acids is 1. The van der Waals surface area contributed by atoms with Gasteiger partial charge in [0.05, 0.1) is 21.6 Å². The standard InChI is InChI=1S/C26H33ClF5N3O5S/c1-4-35-22(18-10-7-16(13-19(18)40-24(28)29)25(2,37)11-12-26(30,31)32)20(27)21(34-35)23(36)33-14-15-5-8-17(9-6-15)41(3,38)39/h7,10,13,15,17,24,37H,4-6,8-9,11-12,14H2,1-3H3,(H,33,36)/t15?,17?,25-/m1/s1. The maximum absolute atomic E-state index is 13.3. The second-order valence-corrected chi connectivity index (χ2v) is 13.2. The zero-order valence-electron chi connectivity index (χ0n) is 22.8. The fourth-order valence-electron chi connectivity index (χ4n) is 4.93. The van der Waals surface area contributed by atoms with E-state index >= 15 is 0 Å². The number of ether oxygens (including phenoxy) is 1. The molecule has 0 radical (unpaired) electrons. The van der Waals surface area contributed by atoms with E-state index in [1.807, 2.05) is 0 Å². The summed E-state index contributed by atoms with van der Waals surface area (Å²) < 4.78 is 94.4. The first-order chi connectivity index (χ1) is 18.9. The van der Waals surface area contributed by atoms with E-state index in [0.29, 0.717) is 25.7 Å². The summed E-state index contributed by atoms with van der Waals surface area (Å²) in [6.45, 7) is -0.0439. The van der Waals surface area contributed by atoms with E-state index in [4.69, 9.17) is 11.6 Å². The van der Waals surface area contributed by atoms with Gasteiger partial charge in [0.2, 0.25) is 0 Å². The van der Waals surface area contributed by atoms with Gasteiger partial charge in [-0.3, -0.25) is 9.48 Å². The lowest BCUT2D eigenvalue weighted by molar-refractivity contribution is -0.146. The van der Waals surface area contributed by atoms with Crippen molar-refractivity contribution in [2.45, 2.75) is 82.6 Å². The fraction of sp³-hybridized carbons (Fsp3) is 0.615. The molecule has 1 aromatic heterocycles. The number of nitrogens with zero attached hydrogens (tertiary/aromatic N) is 2. The predicted octanol–water partition coefficient (Wildman–Crippen LogP) is 5.71. The molecule has 0 unspecified atom stereocenters. The summed E-state index contributed by atoms with van der Waals surface area (Å²) in [5, 5.41) is 17.1. The topological polar surface area (TPSA) is 111 Å². The molecule has 1 atom stereocenters. The smallest absolute Gasteiger partial charge is 0.389 e. The quantitative estimate of drug-likeness (QED) is 0.308. The van der Waals surface area contributed by atoms with Gasteiger partial charge in [-0.05, 0) is 69.6 Å². The molecule has 1 fully saturated rings. The van der Waals surface area contributed by atoms with Gasteiger partial charge < -0.3 is 15.2 Å². The summed E-state index contributed by atoms with van der Waals surface area (Å²) in [7, 11) is -3.13. The van der Waals surface area contributed by atoms with Crippen molar-refractivity contribution in [1.82, 2.24) is 15.1 Å². The lowest BCUT2D eigenvalue weighted by atomic mass is 9.89. The highest BCUT2D eigenvalue weighted by atomic mass is 35.5. The highest BCUT2D eigenvalue weighted by Gasteiger charge is 2.34. The largest absolute Gasteiger partial charge is 0.434 e. The molecule has 1 heterocycles. The summed E-state index contributed by atoms with van der Waals surface area (Å²) in [6.07, 6.45) is -3.08. The molecule has 41 heavy (non-hydrogen) atoms. The van der Waals surface area contributed by atoms with Crippen LogP contribution in [0.5, 0.6) is 5.75 Å². The van der Waals surface area contributed by atoms with Crippen molar-refractivity contribution in [3.05, 3.63) is 34.5 Å². The third-order valence-electron chi connectivity index (χ3n) is 7.33. The molecule has 1 aromatic carbocycles. The van der Waals surface area contributed by atoms with E-state index in [2.05, 4.69) is 15.2 Å². The Kier molecular flexibility index (Phi) is 10.3. The number of nitrogens with one attached hydrogen (secondary N) is 1. The molecule has 8 nitrogen and oxygen atoms in total. The Balaban J connectivity index is 1.86. The number of aryl methyl sites for hydroxylation is 1. The van der Waals surface area contributed by atoms with Gasteiger partial charge in [-0.15, -0.1) is 0 Å². The minimum absolute atomic E-state index is 0.00170. The lowest BCUT2D eigenvalue weighted by Crippen LogP contribution is -2.34. The second-order valence-electron chi connectivity index (χ2n) is 10.5. The third-order valence-corrected chi connectivity index (χ3v) is 9.37. The van der Waals surface area contributed by atoms with E-state index in [0.717, 1.165) is 13.0 Å². The highest BCUT2D eigenvalue weighted by Crippen LogP contribution is 2.41. The fourth-order valence-corrected chi connectivity index (χ4v) is 6.38. The lowest BCUT2D eigenvalue weighted by Gasteiger charge is -2.27. The first-order valence-corrected chi connectivity index (χ1v) is 15.4. The molecule has 2 N–H and O–H groups in total. The molecule has 3 rings (SSSR count). The third kappa shape index (κ3) is 8.54. The molecule has 0 bridgehead atoms. The van der Waals surface area contributed by atoms with Crippen molar-refractivity contribution in [3.63, 3.8) is 0 Å². The average Bonchev–Trinajstić information content (AvgIpc) is 3.21. The summed E-state index contributed by atoms with van der Waals surface area (Å²) >= 11 is 6.54. The van der Waals surface area contributed by atoms with Gasteiger partial charge in [0, 0.05) is 31.3 Å². The van der Waals surface area contributed by atoms with Crippen molar-refractivity contribution in [1.29, 1.82) is 0 Å². The van der Waals surface area contributed by atoms with Crippen LogP contribution in [0.4, 0.5) is 22.0 Å². The number of hydrogen-bond donors (Lipinski definition) is 2. The second kappa shape index (κ2) is 12.8. The molecule has 0 spiro atoms. The highest BCUT2D eigenvalue weighted by molar-refractivity contribution is 7.91. The number of carbonyl (C=O) groups is 1. The van der Waals surface area contributed by atoms with Crippen LogP contribution in [0.1, 0.15) is 68.4 Å². The van der Waals surface area contributed by atoms with E-state index in [9.17, 15) is 40.3 Å². The van der Waals surface area contributed by atoms with Gasteiger partial charge in [-0.25, -0.2) is 8.42 Å². The summed E-state index contributed by atoms with van der Waals surface area (Å²) in [5.74, 6) is -1.01. The number of aromatic nitrogens is 2. The number of halogens is 6. The molecule has 1 saturated carbocycles. The van der Waals surface area contributed by atoms with Gasteiger partial charge >= 0.3 is 12.8 Å². The van der Waals surface area contributed by atoms with Crippen LogP contribution in [0, 0.1) is 5.92 Å². The Labute approximate surface area is 240 Å². The summed E-state index contributed by atoms with van der Waals surface area (Å²) in [6, 6.07) is 3.57. The first-order valence-electron chi connectivity index (χ1n) is 13.0. The zero-order chi connectivity index (χ0) is 30.8.